The minimum atomic E-state index is -4.37. The summed E-state index contributed by atoms with van der Waals surface area (Å²) >= 11 is 1.32. The molecule has 2 heterocycles. The Hall–Kier alpha value is -5.07. The SMILES string of the molecule is Cc1nn(-c2ccc(S(=O)(=O)O)cc2)c(N)c1N=Nc1ccc2c(O)c(N=Nc3ccc(SOOO)c4cccnc34)c(SOOO)cc2c1. The summed E-state index contributed by atoms with van der Waals surface area (Å²) in [6.07, 6.45) is 1.56. The third-order valence-electron chi connectivity index (χ3n) is 7.02. The van der Waals surface area contributed by atoms with Gasteiger partial charge in [0.1, 0.15) is 11.4 Å². The molecular formula is C29H22N8O10S3. The summed E-state index contributed by atoms with van der Waals surface area (Å²) < 4.78 is 42.6. The molecule has 0 unspecified atom stereocenters. The third-order valence-corrected chi connectivity index (χ3v) is 9.17. The van der Waals surface area contributed by atoms with Gasteiger partial charge in [0.2, 0.25) is 0 Å². The fraction of sp³-hybridized carbons (Fsp3) is 0.0345. The van der Waals surface area contributed by atoms with Crippen LogP contribution in [0.2, 0.25) is 0 Å². The van der Waals surface area contributed by atoms with Crippen LogP contribution in [-0.2, 0) is 28.9 Å². The number of nitrogens with two attached hydrogens (primary N) is 1. The van der Waals surface area contributed by atoms with E-state index in [1.807, 2.05) is 0 Å². The predicted octanol–water partition coefficient (Wildman–Crippen LogP) is 8.10. The number of aromatic nitrogens is 3. The molecule has 256 valence electrons. The van der Waals surface area contributed by atoms with Crippen LogP contribution in [0.15, 0.2) is 114 Å². The molecule has 4 aromatic carbocycles. The minimum Gasteiger partial charge on any atom is -0.505 e. The van der Waals surface area contributed by atoms with E-state index in [-0.39, 0.29) is 32.7 Å². The second kappa shape index (κ2) is 14.8. The average molecular weight is 739 g/mol. The van der Waals surface area contributed by atoms with E-state index in [9.17, 15) is 18.1 Å². The number of rotatable bonds is 12. The largest absolute Gasteiger partial charge is 0.505 e. The Bertz CT molecular complexity index is 2390. The van der Waals surface area contributed by atoms with Gasteiger partial charge in [0.25, 0.3) is 10.1 Å². The van der Waals surface area contributed by atoms with Gasteiger partial charge < -0.3 is 10.8 Å². The van der Waals surface area contributed by atoms with E-state index in [0.717, 1.165) is 12.0 Å². The normalized spacial score (nSPS) is 12.2. The highest BCUT2D eigenvalue weighted by Gasteiger charge is 2.18. The van der Waals surface area contributed by atoms with Crippen LogP contribution in [0, 0.1) is 6.92 Å². The first-order chi connectivity index (χ1) is 24.1. The number of hydrogen-bond acceptors (Lipinski definition) is 18. The van der Waals surface area contributed by atoms with Gasteiger partial charge in [-0.15, -0.1) is 24.0 Å². The lowest BCUT2D eigenvalue weighted by atomic mass is 10.1. The van der Waals surface area contributed by atoms with Gasteiger partial charge in [-0.05, 0) is 85.1 Å². The number of nitrogens with zero attached hydrogens (tertiary/aromatic N) is 7. The summed E-state index contributed by atoms with van der Waals surface area (Å²) in [5, 5.41) is 59.1. The Kier molecular flexibility index (Phi) is 10.3. The van der Waals surface area contributed by atoms with Gasteiger partial charge in [-0.25, -0.2) is 15.2 Å². The molecule has 0 aliphatic carbocycles. The number of anilines is 1. The maximum Gasteiger partial charge on any atom is 0.294 e. The van der Waals surface area contributed by atoms with Crippen molar-refractivity contribution in [2.45, 2.75) is 21.6 Å². The van der Waals surface area contributed by atoms with Crippen molar-refractivity contribution in [2.75, 3.05) is 5.73 Å². The zero-order chi connectivity index (χ0) is 35.4. The van der Waals surface area contributed by atoms with Gasteiger partial charge in [0, 0.05) is 21.9 Å². The van der Waals surface area contributed by atoms with E-state index >= 15 is 0 Å². The maximum absolute atomic E-state index is 11.4. The molecule has 6 rings (SSSR count). The Morgan fingerprint density at radius 2 is 1.56 bits per heavy atom. The maximum atomic E-state index is 11.4. The molecule has 18 nitrogen and oxygen atoms in total. The molecule has 0 saturated carbocycles. The van der Waals surface area contributed by atoms with Crippen LogP contribution < -0.4 is 5.73 Å². The molecule has 0 aliphatic heterocycles. The van der Waals surface area contributed by atoms with E-state index in [4.69, 9.17) is 16.2 Å². The van der Waals surface area contributed by atoms with Crippen molar-refractivity contribution in [2.24, 2.45) is 20.5 Å². The quantitative estimate of drug-likeness (QED) is 0.0261. The first kappa shape index (κ1) is 34.8. The highest BCUT2D eigenvalue weighted by Crippen LogP contribution is 2.45. The molecule has 6 N–H and O–H groups in total. The van der Waals surface area contributed by atoms with Gasteiger partial charge in [-0.3, -0.25) is 9.54 Å². The van der Waals surface area contributed by atoms with E-state index in [2.05, 4.69) is 49.3 Å². The molecule has 0 bridgehead atoms. The van der Waals surface area contributed by atoms with Crippen molar-refractivity contribution in [3.05, 3.63) is 84.7 Å². The summed E-state index contributed by atoms with van der Waals surface area (Å²) in [7, 11) is -4.37. The molecule has 50 heavy (non-hydrogen) atoms. The van der Waals surface area contributed by atoms with Gasteiger partial charge in [0.05, 0.1) is 56.5 Å². The molecule has 0 amide bonds. The molecule has 0 atom stereocenters. The molecule has 0 spiro atoms. The lowest BCUT2D eigenvalue weighted by Gasteiger charge is -2.10. The zero-order valence-electron chi connectivity index (χ0n) is 25.2. The van der Waals surface area contributed by atoms with Crippen molar-refractivity contribution in [1.29, 1.82) is 0 Å². The molecule has 2 aromatic heterocycles. The van der Waals surface area contributed by atoms with Gasteiger partial charge in [0.15, 0.2) is 17.3 Å². The van der Waals surface area contributed by atoms with Crippen molar-refractivity contribution >= 4 is 84.4 Å². The van der Waals surface area contributed by atoms with E-state index < -0.39 is 10.1 Å². The Labute approximate surface area is 289 Å². The minimum absolute atomic E-state index is 0.00564. The van der Waals surface area contributed by atoms with Crippen molar-refractivity contribution in [3.63, 3.8) is 0 Å². The molecule has 0 radical (unpaired) electrons. The Morgan fingerprint density at radius 1 is 0.840 bits per heavy atom. The standard InChI is InChI=1S/C29H22N8O10S3/c1-15-25(29(30)37(36-15)18-5-7-19(8-6-18)50(41,42)43)34-32-17-4-9-20-16(13-17)14-24(49-47-45-40)27(28(20)38)35-33-22-10-11-23(48-46-44-39)21-3-2-12-31-26(21)22/h2-14,38-40H,30H2,1H3,(H,41,42,43). The van der Waals surface area contributed by atoms with Crippen LogP contribution >= 0.6 is 24.1 Å². The van der Waals surface area contributed by atoms with Gasteiger partial charge >= 0.3 is 0 Å². The third kappa shape index (κ3) is 7.26. The molecular weight excluding hydrogens is 717 g/mol. The number of phenols is 1. The Balaban J connectivity index is 1.32. The fourth-order valence-electron chi connectivity index (χ4n) is 4.78. The number of nitrogen functional groups attached to an aromatic ring is 1. The summed E-state index contributed by atoms with van der Waals surface area (Å²) in [5.41, 5.74) is 8.57. The number of pyridine rings is 1. The smallest absolute Gasteiger partial charge is 0.294 e. The highest BCUT2D eigenvalue weighted by atomic mass is 32.2. The van der Waals surface area contributed by atoms with E-state index in [1.54, 1.807) is 61.7 Å². The molecule has 0 saturated heterocycles. The summed E-state index contributed by atoms with van der Waals surface area (Å²) in [6.45, 7) is 1.67. The summed E-state index contributed by atoms with van der Waals surface area (Å²) in [4.78, 5) is 4.87. The first-order valence-electron chi connectivity index (χ1n) is 13.8. The van der Waals surface area contributed by atoms with Gasteiger partial charge in [-0.2, -0.15) is 18.6 Å². The van der Waals surface area contributed by atoms with Crippen molar-refractivity contribution in [1.82, 2.24) is 14.8 Å². The molecule has 0 aliphatic rings. The van der Waals surface area contributed by atoms with Crippen LogP contribution in [0.25, 0.3) is 27.4 Å². The van der Waals surface area contributed by atoms with Crippen LogP contribution in [-0.4, -0.2) is 43.4 Å². The lowest BCUT2D eigenvalue weighted by molar-refractivity contribution is -0.432. The molecule has 6 aromatic rings. The zero-order valence-corrected chi connectivity index (χ0v) is 27.6. The fourth-order valence-corrected chi connectivity index (χ4v) is 6.24. The van der Waals surface area contributed by atoms with Crippen LogP contribution in [0.1, 0.15) is 5.69 Å². The first-order valence-corrected chi connectivity index (χ1v) is 16.7. The Morgan fingerprint density at radius 3 is 2.28 bits per heavy atom. The monoisotopic (exact) mass is 738 g/mol. The number of hydrogen-bond donors (Lipinski definition) is 5. The van der Waals surface area contributed by atoms with Gasteiger partial charge in [-0.1, -0.05) is 10.1 Å². The predicted molar refractivity (Wildman–Crippen MR) is 180 cm³/mol. The van der Waals surface area contributed by atoms with Crippen LogP contribution in [0.5, 0.6) is 5.75 Å². The van der Waals surface area contributed by atoms with E-state index in [0.29, 0.717) is 61.4 Å². The topological polar surface area (TPSA) is 258 Å². The second-order valence-corrected chi connectivity index (χ2v) is 12.9. The molecule has 0 fully saturated rings. The summed E-state index contributed by atoms with van der Waals surface area (Å²) in [5.74, 6) is -0.138. The number of aromatic hydroxyl groups is 1. The highest BCUT2D eigenvalue weighted by molar-refractivity contribution is 7.95. The molecule has 21 heteroatoms. The van der Waals surface area contributed by atoms with Crippen molar-refractivity contribution < 1.29 is 47.3 Å². The van der Waals surface area contributed by atoms with Crippen LogP contribution in [0.3, 0.4) is 0 Å². The summed E-state index contributed by atoms with van der Waals surface area (Å²) in [6, 6.07) is 18.4. The number of phenolic OH excluding ortho intramolecular Hbond substituents is 1. The van der Waals surface area contributed by atoms with Crippen LogP contribution in [0.4, 0.5) is 28.6 Å². The lowest BCUT2D eigenvalue weighted by Crippen LogP contribution is -2.03. The average Bonchev–Trinajstić information content (AvgIpc) is 3.40. The number of aryl methyl sites for hydroxylation is 1. The second-order valence-electron chi connectivity index (χ2n) is 10.0. The number of benzene rings is 4. The number of fused-ring (bicyclic) bond motifs is 2. The van der Waals surface area contributed by atoms with Crippen molar-refractivity contribution in [3.8, 4) is 11.4 Å². The van der Waals surface area contributed by atoms with E-state index in [1.165, 1.54) is 28.9 Å². The number of azo groups is 2.